The summed E-state index contributed by atoms with van der Waals surface area (Å²) in [6, 6.07) is 0. The molecule has 0 aromatic heterocycles. The van der Waals surface area contributed by atoms with E-state index in [-0.39, 0.29) is 0 Å². The minimum atomic E-state index is 0.933. The second kappa shape index (κ2) is 3.76. The summed E-state index contributed by atoms with van der Waals surface area (Å²) in [7, 11) is 1.78. The van der Waals surface area contributed by atoms with Crippen LogP contribution in [0.25, 0.3) is 0 Å². The molecule has 0 unspecified atom stereocenters. The Morgan fingerprint density at radius 1 is 1.55 bits per heavy atom. The average Bonchev–Trinajstić information content (AvgIpc) is 2.47. The first kappa shape index (κ1) is 7.79. The minimum Gasteiger partial charge on any atom is -0.346 e. The number of amidine groups is 1. The molecule has 0 fully saturated rings. The van der Waals surface area contributed by atoms with E-state index in [9.17, 15) is 0 Å². The molecule has 0 spiro atoms. The predicted octanol–water partition coefficient (Wildman–Crippen LogP) is 1.63. The third kappa shape index (κ3) is 1.80. The normalized spacial score (nSPS) is 23.8. The summed E-state index contributed by atoms with van der Waals surface area (Å²) >= 11 is 0. The van der Waals surface area contributed by atoms with E-state index < -0.39 is 0 Å². The Bertz CT molecular complexity index is 244. The van der Waals surface area contributed by atoms with Crippen LogP contribution < -0.4 is 5.32 Å². The Hall–Kier alpha value is -1.31. The molecular formula is C9H12N2. The van der Waals surface area contributed by atoms with Crippen LogP contribution >= 0.6 is 0 Å². The molecule has 1 heterocycles. The van der Waals surface area contributed by atoms with Crippen LogP contribution in [0, 0.1) is 0 Å². The molecular weight excluding hydrogens is 136 g/mol. The standard InChI is InChI=1S/C9H12N2/c1-3-4-5-8-6-7-11-9(8)10-2/h3-7H,1-2H3,(H,10,11)/b4-3-,8-5-. The van der Waals surface area contributed by atoms with Crippen LogP contribution in [0.2, 0.25) is 0 Å². The molecule has 1 aliphatic rings. The van der Waals surface area contributed by atoms with E-state index in [1.165, 1.54) is 0 Å². The van der Waals surface area contributed by atoms with Gasteiger partial charge in [0.2, 0.25) is 0 Å². The highest BCUT2D eigenvalue weighted by Crippen LogP contribution is 2.04. The maximum absolute atomic E-state index is 4.06. The molecule has 0 aromatic carbocycles. The van der Waals surface area contributed by atoms with Crippen molar-refractivity contribution >= 4 is 5.84 Å². The van der Waals surface area contributed by atoms with Crippen molar-refractivity contribution in [2.45, 2.75) is 6.92 Å². The van der Waals surface area contributed by atoms with Crippen molar-refractivity contribution in [3.8, 4) is 0 Å². The van der Waals surface area contributed by atoms with Gasteiger partial charge in [-0.05, 0) is 13.0 Å². The average molecular weight is 148 g/mol. The van der Waals surface area contributed by atoms with Gasteiger partial charge in [-0.3, -0.25) is 4.99 Å². The Morgan fingerprint density at radius 2 is 2.36 bits per heavy atom. The fraction of sp³-hybridized carbons (Fsp3) is 0.222. The van der Waals surface area contributed by atoms with E-state index in [0.717, 1.165) is 11.4 Å². The van der Waals surface area contributed by atoms with E-state index in [4.69, 9.17) is 0 Å². The second-order valence-electron chi connectivity index (χ2n) is 2.20. The molecule has 0 atom stereocenters. The summed E-state index contributed by atoms with van der Waals surface area (Å²) in [5.74, 6) is 0.933. The van der Waals surface area contributed by atoms with E-state index in [1.54, 1.807) is 7.05 Å². The lowest BCUT2D eigenvalue weighted by molar-refractivity contribution is 1.27. The molecule has 0 radical (unpaired) electrons. The summed E-state index contributed by atoms with van der Waals surface area (Å²) < 4.78 is 0. The molecule has 0 aliphatic carbocycles. The first-order valence-electron chi connectivity index (χ1n) is 3.61. The monoisotopic (exact) mass is 148 g/mol. The van der Waals surface area contributed by atoms with E-state index in [1.807, 2.05) is 37.4 Å². The van der Waals surface area contributed by atoms with Crippen molar-refractivity contribution in [2.75, 3.05) is 7.05 Å². The zero-order chi connectivity index (χ0) is 8.10. The van der Waals surface area contributed by atoms with Gasteiger partial charge in [-0.2, -0.15) is 0 Å². The smallest absolute Gasteiger partial charge is 0.132 e. The minimum absolute atomic E-state index is 0.933. The third-order valence-electron chi connectivity index (χ3n) is 1.45. The molecule has 2 nitrogen and oxygen atoms in total. The number of hydrogen-bond donors (Lipinski definition) is 1. The van der Waals surface area contributed by atoms with Gasteiger partial charge in [0, 0.05) is 18.8 Å². The number of nitrogens with zero attached hydrogens (tertiary/aromatic N) is 1. The van der Waals surface area contributed by atoms with Crippen LogP contribution in [-0.4, -0.2) is 12.9 Å². The number of aliphatic imine (C=N–C) groups is 1. The largest absolute Gasteiger partial charge is 0.346 e. The van der Waals surface area contributed by atoms with Crippen molar-refractivity contribution in [3.63, 3.8) is 0 Å². The van der Waals surface area contributed by atoms with Gasteiger partial charge in [-0.15, -0.1) is 0 Å². The van der Waals surface area contributed by atoms with E-state index in [2.05, 4.69) is 10.3 Å². The summed E-state index contributed by atoms with van der Waals surface area (Å²) in [4.78, 5) is 4.06. The fourth-order valence-electron chi connectivity index (χ4n) is 0.901. The van der Waals surface area contributed by atoms with Crippen LogP contribution in [0.1, 0.15) is 6.92 Å². The van der Waals surface area contributed by atoms with Crippen LogP contribution in [-0.2, 0) is 0 Å². The van der Waals surface area contributed by atoms with Crippen molar-refractivity contribution in [3.05, 3.63) is 36.1 Å². The second-order valence-corrected chi connectivity index (χ2v) is 2.20. The van der Waals surface area contributed by atoms with Gasteiger partial charge in [0.15, 0.2) is 0 Å². The summed E-state index contributed by atoms with van der Waals surface area (Å²) in [5.41, 5.74) is 1.13. The van der Waals surface area contributed by atoms with Crippen LogP contribution in [0.5, 0.6) is 0 Å². The molecule has 1 rings (SSSR count). The zero-order valence-corrected chi connectivity index (χ0v) is 6.83. The van der Waals surface area contributed by atoms with Gasteiger partial charge in [0.1, 0.15) is 5.84 Å². The number of allylic oxidation sites excluding steroid dienone is 3. The summed E-state index contributed by atoms with van der Waals surface area (Å²) in [5, 5.41) is 3.03. The van der Waals surface area contributed by atoms with Crippen molar-refractivity contribution in [1.29, 1.82) is 0 Å². The van der Waals surface area contributed by atoms with Gasteiger partial charge in [0.05, 0.1) is 0 Å². The molecule has 11 heavy (non-hydrogen) atoms. The van der Waals surface area contributed by atoms with E-state index >= 15 is 0 Å². The third-order valence-corrected chi connectivity index (χ3v) is 1.45. The zero-order valence-electron chi connectivity index (χ0n) is 6.83. The molecule has 1 N–H and O–H groups in total. The molecule has 58 valence electrons. The van der Waals surface area contributed by atoms with Crippen molar-refractivity contribution < 1.29 is 0 Å². The Labute approximate surface area is 67.0 Å². The lowest BCUT2D eigenvalue weighted by atomic mass is 10.2. The lowest BCUT2D eigenvalue weighted by Crippen LogP contribution is -2.12. The molecule has 0 saturated heterocycles. The van der Waals surface area contributed by atoms with Gasteiger partial charge in [0.25, 0.3) is 0 Å². The quantitative estimate of drug-likeness (QED) is 0.600. The van der Waals surface area contributed by atoms with Gasteiger partial charge >= 0.3 is 0 Å². The maximum Gasteiger partial charge on any atom is 0.132 e. The lowest BCUT2D eigenvalue weighted by Gasteiger charge is -1.95. The first-order chi connectivity index (χ1) is 5.38. The van der Waals surface area contributed by atoms with Gasteiger partial charge in [-0.25, -0.2) is 0 Å². The molecule has 0 bridgehead atoms. The molecule has 0 amide bonds. The molecule has 0 aromatic rings. The predicted molar refractivity (Wildman–Crippen MR) is 48.5 cm³/mol. The number of hydrogen-bond acceptors (Lipinski definition) is 1. The van der Waals surface area contributed by atoms with Crippen molar-refractivity contribution in [1.82, 2.24) is 5.32 Å². The van der Waals surface area contributed by atoms with E-state index in [0.29, 0.717) is 0 Å². The first-order valence-corrected chi connectivity index (χ1v) is 3.61. The van der Waals surface area contributed by atoms with Gasteiger partial charge < -0.3 is 5.32 Å². The maximum atomic E-state index is 4.06. The Kier molecular flexibility index (Phi) is 2.66. The summed E-state index contributed by atoms with van der Waals surface area (Å²) in [6.45, 7) is 1.99. The number of rotatable bonds is 1. The highest BCUT2D eigenvalue weighted by atomic mass is 15.0. The highest BCUT2D eigenvalue weighted by molar-refractivity contribution is 6.03. The van der Waals surface area contributed by atoms with Gasteiger partial charge in [-0.1, -0.05) is 18.2 Å². The SMILES string of the molecule is C/C=C\C=C1\C=CNC1=NC. The van der Waals surface area contributed by atoms with Crippen LogP contribution in [0.15, 0.2) is 41.1 Å². The highest BCUT2D eigenvalue weighted by Gasteiger charge is 2.04. The summed E-state index contributed by atoms with van der Waals surface area (Å²) in [6.07, 6.45) is 9.91. The fourth-order valence-corrected chi connectivity index (χ4v) is 0.901. The van der Waals surface area contributed by atoms with Crippen LogP contribution in [0.3, 0.4) is 0 Å². The molecule has 0 saturated carbocycles. The van der Waals surface area contributed by atoms with Crippen LogP contribution in [0.4, 0.5) is 0 Å². The Balaban J connectivity index is 2.78. The molecule has 2 heteroatoms. The number of nitrogens with one attached hydrogen (secondary N) is 1. The Morgan fingerprint density at radius 3 is 3.00 bits per heavy atom. The topological polar surface area (TPSA) is 24.4 Å². The molecule has 1 aliphatic heterocycles. The van der Waals surface area contributed by atoms with Crippen molar-refractivity contribution in [2.24, 2.45) is 4.99 Å².